The van der Waals surface area contributed by atoms with Gasteiger partial charge in [0.05, 0.1) is 10.6 Å². The molecule has 0 spiro atoms. The van der Waals surface area contributed by atoms with Gasteiger partial charge in [0.15, 0.2) is 11.7 Å². The molecule has 2 aromatic heterocycles. The Morgan fingerprint density at radius 1 is 1.22 bits per heavy atom. The molecule has 1 amide bonds. The summed E-state index contributed by atoms with van der Waals surface area (Å²) in [5.74, 6) is 0.479. The third kappa shape index (κ3) is 4.18. The molecule has 0 saturated heterocycles. The molecule has 0 unspecified atom stereocenters. The molecule has 0 saturated carbocycles. The molecule has 6 heteroatoms. The van der Waals surface area contributed by atoms with Crippen LogP contribution >= 0.6 is 22.7 Å². The maximum absolute atomic E-state index is 11.9. The van der Waals surface area contributed by atoms with Gasteiger partial charge in [0.25, 0.3) is 5.91 Å². The first-order valence-corrected chi connectivity index (χ1v) is 9.01. The summed E-state index contributed by atoms with van der Waals surface area (Å²) in [6.45, 7) is 2.07. The van der Waals surface area contributed by atoms with Crippen LogP contribution in [0.15, 0.2) is 47.2 Å². The highest BCUT2D eigenvalue weighted by Gasteiger charge is 2.09. The highest BCUT2D eigenvalue weighted by molar-refractivity contribution is 7.16. The predicted molar refractivity (Wildman–Crippen MR) is 95.4 cm³/mol. The summed E-state index contributed by atoms with van der Waals surface area (Å²) in [5.41, 5.74) is 2.13. The summed E-state index contributed by atoms with van der Waals surface area (Å²) < 4.78 is 5.49. The van der Waals surface area contributed by atoms with Gasteiger partial charge in [0, 0.05) is 5.38 Å². The lowest BCUT2D eigenvalue weighted by molar-refractivity contribution is -0.118. The molecule has 118 valence electrons. The van der Waals surface area contributed by atoms with Crippen molar-refractivity contribution in [3.63, 3.8) is 0 Å². The van der Waals surface area contributed by atoms with Gasteiger partial charge in [-0.2, -0.15) is 0 Å². The smallest absolute Gasteiger partial charge is 0.264 e. The molecule has 0 radical (unpaired) electrons. The SMILES string of the molecule is CCc1ccc(OCC(=O)Nc2nc(-c3cccs3)cs2)cc1. The number of carbonyl (C=O) groups is 1. The summed E-state index contributed by atoms with van der Waals surface area (Å²) in [7, 11) is 0. The van der Waals surface area contributed by atoms with Gasteiger partial charge in [-0.1, -0.05) is 25.1 Å². The fraction of sp³-hybridized carbons (Fsp3) is 0.176. The van der Waals surface area contributed by atoms with Gasteiger partial charge in [0.2, 0.25) is 0 Å². The first-order chi connectivity index (χ1) is 11.2. The topological polar surface area (TPSA) is 51.2 Å². The molecule has 0 aliphatic carbocycles. The minimum atomic E-state index is -0.211. The van der Waals surface area contributed by atoms with Gasteiger partial charge in [-0.15, -0.1) is 22.7 Å². The van der Waals surface area contributed by atoms with Crippen LogP contribution in [-0.4, -0.2) is 17.5 Å². The summed E-state index contributed by atoms with van der Waals surface area (Å²) in [4.78, 5) is 17.4. The second kappa shape index (κ2) is 7.39. The molecular weight excluding hydrogens is 328 g/mol. The van der Waals surface area contributed by atoms with Crippen molar-refractivity contribution in [1.29, 1.82) is 0 Å². The van der Waals surface area contributed by atoms with E-state index < -0.39 is 0 Å². The van der Waals surface area contributed by atoms with Crippen molar-refractivity contribution in [3.8, 4) is 16.3 Å². The lowest BCUT2D eigenvalue weighted by atomic mass is 10.2. The van der Waals surface area contributed by atoms with Crippen LogP contribution in [0.3, 0.4) is 0 Å². The Kier molecular flexibility index (Phi) is 5.05. The van der Waals surface area contributed by atoms with Crippen molar-refractivity contribution in [2.75, 3.05) is 11.9 Å². The summed E-state index contributed by atoms with van der Waals surface area (Å²) in [6.07, 6.45) is 0.984. The minimum Gasteiger partial charge on any atom is -0.484 e. The third-order valence-electron chi connectivity index (χ3n) is 3.23. The molecule has 23 heavy (non-hydrogen) atoms. The Hall–Kier alpha value is -2.18. The highest BCUT2D eigenvalue weighted by atomic mass is 32.1. The number of benzene rings is 1. The van der Waals surface area contributed by atoms with E-state index in [1.54, 1.807) is 11.3 Å². The fourth-order valence-electron chi connectivity index (χ4n) is 1.99. The molecule has 0 atom stereocenters. The van der Waals surface area contributed by atoms with E-state index in [0.29, 0.717) is 10.9 Å². The number of aryl methyl sites for hydroxylation is 1. The van der Waals surface area contributed by atoms with Crippen LogP contribution in [-0.2, 0) is 11.2 Å². The molecule has 3 aromatic rings. The van der Waals surface area contributed by atoms with Crippen LogP contribution in [0.2, 0.25) is 0 Å². The molecule has 2 heterocycles. The zero-order chi connectivity index (χ0) is 16.1. The van der Waals surface area contributed by atoms with Crippen molar-refractivity contribution in [3.05, 3.63) is 52.7 Å². The van der Waals surface area contributed by atoms with E-state index in [0.717, 1.165) is 17.0 Å². The maximum Gasteiger partial charge on any atom is 0.264 e. The number of thiazole rings is 1. The van der Waals surface area contributed by atoms with Crippen LogP contribution in [0, 0.1) is 0 Å². The van der Waals surface area contributed by atoms with E-state index in [4.69, 9.17) is 4.74 Å². The van der Waals surface area contributed by atoms with Crippen molar-refractivity contribution in [2.45, 2.75) is 13.3 Å². The lowest BCUT2D eigenvalue weighted by Crippen LogP contribution is -2.20. The van der Waals surface area contributed by atoms with E-state index >= 15 is 0 Å². The molecule has 1 aromatic carbocycles. The Balaban J connectivity index is 1.53. The number of anilines is 1. The van der Waals surface area contributed by atoms with Crippen molar-refractivity contribution in [2.24, 2.45) is 0 Å². The first kappa shape index (κ1) is 15.7. The number of hydrogen-bond acceptors (Lipinski definition) is 5. The van der Waals surface area contributed by atoms with E-state index in [9.17, 15) is 4.79 Å². The summed E-state index contributed by atoms with van der Waals surface area (Å²) in [5, 5.41) is 7.29. The van der Waals surface area contributed by atoms with E-state index in [2.05, 4.69) is 17.2 Å². The van der Waals surface area contributed by atoms with Crippen LogP contribution in [0.1, 0.15) is 12.5 Å². The minimum absolute atomic E-state index is 0.0284. The zero-order valence-electron chi connectivity index (χ0n) is 12.6. The summed E-state index contributed by atoms with van der Waals surface area (Å²) in [6, 6.07) is 11.8. The van der Waals surface area contributed by atoms with E-state index in [-0.39, 0.29) is 12.5 Å². The van der Waals surface area contributed by atoms with Gasteiger partial charge in [-0.25, -0.2) is 4.98 Å². The maximum atomic E-state index is 11.9. The average molecular weight is 344 g/mol. The molecule has 1 N–H and O–H groups in total. The Morgan fingerprint density at radius 3 is 2.74 bits per heavy atom. The van der Waals surface area contributed by atoms with Crippen molar-refractivity contribution in [1.82, 2.24) is 4.98 Å². The number of aromatic nitrogens is 1. The number of hydrogen-bond donors (Lipinski definition) is 1. The molecule has 4 nitrogen and oxygen atoms in total. The second-order valence-electron chi connectivity index (χ2n) is 4.85. The molecule has 0 aliphatic rings. The largest absolute Gasteiger partial charge is 0.484 e. The van der Waals surface area contributed by atoms with Crippen LogP contribution in [0.5, 0.6) is 5.75 Å². The standard InChI is InChI=1S/C17H16N2O2S2/c1-2-12-5-7-13(8-6-12)21-10-16(20)19-17-18-14(11-23-17)15-4-3-9-22-15/h3-9,11H,2,10H2,1H3,(H,18,19,20). The predicted octanol–water partition coefficient (Wildman–Crippen LogP) is 4.45. The van der Waals surface area contributed by atoms with Gasteiger partial charge >= 0.3 is 0 Å². The number of ether oxygens (including phenoxy) is 1. The van der Waals surface area contributed by atoms with Crippen LogP contribution < -0.4 is 10.1 Å². The Bertz CT molecular complexity index is 764. The van der Waals surface area contributed by atoms with Gasteiger partial charge < -0.3 is 4.74 Å². The van der Waals surface area contributed by atoms with Crippen LogP contribution in [0.25, 0.3) is 10.6 Å². The molecule has 0 aliphatic heterocycles. The van der Waals surface area contributed by atoms with Gasteiger partial charge in [-0.05, 0) is 35.6 Å². The second-order valence-corrected chi connectivity index (χ2v) is 6.66. The first-order valence-electron chi connectivity index (χ1n) is 7.25. The monoisotopic (exact) mass is 344 g/mol. The van der Waals surface area contributed by atoms with E-state index in [1.807, 2.05) is 47.2 Å². The quantitative estimate of drug-likeness (QED) is 0.719. The highest BCUT2D eigenvalue weighted by Crippen LogP contribution is 2.28. The Morgan fingerprint density at radius 2 is 2.04 bits per heavy atom. The molecule has 3 rings (SSSR count). The number of amides is 1. The van der Waals surface area contributed by atoms with Crippen LogP contribution in [0.4, 0.5) is 5.13 Å². The number of nitrogens with one attached hydrogen (secondary N) is 1. The fourth-order valence-corrected chi connectivity index (χ4v) is 3.48. The molecule has 0 bridgehead atoms. The number of nitrogens with zero attached hydrogens (tertiary/aromatic N) is 1. The number of rotatable bonds is 6. The normalized spacial score (nSPS) is 10.5. The van der Waals surface area contributed by atoms with Crippen molar-refractivity contribution < 1.29 is 9.53 Å². The summed E-state index contributed by atoms with van der Waals surface area (Å²) >= 11 is 3.04. The Labute approximate surface area is 142 Å². The lowest BCUT2D eigenvalue weighted by Gasteiger charge is -2.06. The number of carbonyl (C=O) groups excluding carboxylic acids is 1. The molecule has 0 fully saturated rings. The van der Waals surface area contributed by atoms with Gasteiger partial charge in [0.1, 0.15) is 5.75 Å². The van der Waals surface area contributed by atoms with Gasteiger partial charge in [-0.3, -0.25) is 10.1 Å². The third-order valence-corrected chi connectivity index (χ3v) is 4.88. The zero-order valence-corrected chi connectivity index (χ0v) is 14.2. The van der Waals surface area contributed by atoms with E-state index in [1.165, 1.54) is 16.9 Å². The molecular formula is C17H16N2O2S2. The number of thiophene rings is 1. The average Bonchev–Trinajstić information content (AvgIpc) is 3.24. The van der Waals surface area contributed by atoms with Crippen molar-refractivity contribution >= 4 is 33.7 Å².